The minimum absolute atomic E-state index is 0.00231. The lowest BCUT2D eigenvalue weighted by molar-refractivity contribution is -0.132. The van der Waals surface area contributed by atoms with Crippen LogP contribution in [0.1, 0.15) is 41.4 Å². The maximum atomic E-state index is 12.3. The van der Waals surface area contributed by atoms with Gasteiger partial charge in [0.1, 0.15) is 5.75 Å². The van der Waals surface area contributed by atoms with Crippen molar-refractivity contribution in [2.75, 3.05) is 13.7 Å². The van der Waals surface area contributed by atoms with Crippen LogP contribution >= 0.6 is 11.3 Å². The molecule has 1 aromatic carbocycles. The van der Waals surface area contributed by atoms with E-state index in [9.17, 15) is 4.79 Å². The van der Waals surface area contributed by atoms with E-state index in [0.717, 1.165) is 16.5 Å². The van der Waals surface area contributed by atoms with Crippen molar-refractivity contribution in [2.24, 2.45) is 0 Å². The first-order valence-electron chi connectivity index (χ1n) is 7.86. The Bertz CT molecular complexity index is 640. The number of para-hydroxylation sites is 1. The van der Waals surface area contributed by atoms with Gasteiger partial charge in [0.15, 0.2) is 0 Å². The van der Waals surface area contributed by atoms with Crippen molar-refractivity contribution < 1.29 is 9.53 Å². The zero-order valence-corrected chi connectivity index (χ0v) is 15.0. The van der Waals surface area contributed by atoms with Crippen molar-refractivity contribution in [3.05, 3.63) is 45.9 Å². The van der Waals surface area contributed by atoms with Crippen LogP contribution in [0, 0.1) is 13.8 Å². The van der Waals surface area contributed by atoms with Gasteiger partial charge < -0.3 is 9.64 Å². The van der Waals surface area contributed by atoms with Crippen LogP contribution < -0.4 is 4.74 Å². The molecule has 2 rings (SSSR count). The lowest BCUT2D eigenvalue weighted by Gasteiger charge is -2.24. The van der Waals surface area contributed by atoms with E-state index in [0.29, 0.717) is 19.4 Å². The van der Waals surface area contributed by atoms with E-state index < -0.39 is 0 Å². The van der Waals surface area contributed by atoms with Gasteiger partial charge in [0.05, 0.1) is 23.4 Å². The third-order valence-corrected chi connectivity index (χ3v) is 4.76. The average Bonchev–Trinajstić information content (AvgIpc) is 2.89. The number of aryl methyl sites for hydroxylation is 2. The van der Waals surface area contributed by atoms with E-state index in [1.807, 2.05) is 51.2 Å². The van der Waals surface area contributed by atoms with E-state index in [4.69, 9.17) is 4.74 Å². The summed E-state index contributed by atoms with van der Waals surface area (Å²) in [5, 5.41) is 1.04. The van der Waals surface area contributed by atoms with Gasteiger partial charge in [-0.3, -0.25) is 4.79 Å². The summed E-state index contributed by atoms with van der Waals surface area (Å²) in [6.45, 7) is 6.63. The summed E-state index contributed by atoms with van der Waals surface area (Å²) in [5.41, 5.74) is 1.00. The first-order valence-corrected chi connectivity index (χ1v) is 8.68. The van der Waals surface area contributed by atoms with E-state index in [2.05, 4.69) is 11.9 Å². The summed E-state index contributed by atoms with van der Waals surface area (Å²) < 4.78 is 5.62. The fourth-order valence-electron chi connectivity index (χ4n) is 2.44. The summed E-state index contributed by atoms with van der Waals surface area (Å²) in [6, 6.07) is 9.67. The van der Waals surface area contributed by atoms with Crippen molar-refractivity contribution in [1.29, 1.82) is 0 Å². The molecule has 0 saturated carbocycles. The maximum Gasteiger partial charge on any atom is 0.222 e. The smallest absolute Gasteiger partial charge is 0.222 e. The molecule has 0 bridgehead atoms. The van der Waals surface area contributed by atoms with Gasteiger partial charge in [-0.25, -0.2) is 4.98 Å². The molecule has 0 aliphatic carbocycles. The zero-order chi connectivity index (χ0) is 16.8. The van der Waals surface area contributed by atoms with Crippen LogP contribution in [0.3, 0.4) is 0 Å². The molecule has 2 aromatic rings. The van der Waals surface area contributed by atoms with Crippen molar-refractivity contribution >= 4 is 17.2 Å². The van der Waals surface area contributed by atoms with Gasteiger partial charge in [-0.15, -0.1) is 11.3 Å². The number of rotatable bonds is 7. The van der Waals surface area contributed by atoms with E-state index in [1.54, 1.807) is 16.2 Å². The van der Waals surface area contributed by atoms with Gasteiger partial charge >= 0.3 is 0 Å². The van der Waals surface area contributed by atoms with Gasteiger partial charge in [0, 0.05) is 18.3 Å². The summed E-state index contributed by atoms with van der Waals surface area (Å²) >= 11 is 1.68. The first kappa shape index (κ1) is 17.5. The van der Waals surface area contributed by atoms with Crippen molar-refractivity contribution in [1.82, 2.24) is 9.88 Å². The molecule has 0 radical (unpaired) electrons. The Morgan fingerprint density at radius 3 is 2.61 bits per heavy atom. The molecular formula is C18H24N2O2S. The monoisotopic (exact) mass is 332 g/mol. The fraction of sp³-hybridized carbons (Fsp3) is 0.444. The predicted octanol–water partition coefficient (Wildman–Crippen LogP) is 4.14. The van der Waals surface area contributed by atoms with Crippen LogP contribution in [-0.4, -0.2) is 29.4 Å². The minimum atomic E-state index is 0.00231. The third-order valence-electron chi connectivity index (χ3n) is 3.86. The number of ether oxygens (including phenoxy) is 1. The number of hydrogen-bond acceptors (Lipinski definition) is 4. The van der Waals surface area contributed by atoms with Crippen molar-refractivity contribution in [3.63, 3.8) is 0 Å². The Balaban J connectivity index is 1.79. The van der Waals surface area contributed by atoms with Gasteiger partial charge in [0.25, 0.3) is 0 Å². The van der Waals surface area contributed by atoms with Gasteiger partial charge in [0.2, 0.25) is 5.91 Å². The molecule has 0 unspecified atom stereocenters. The van der Waals surface area contributed by atoms with Gasteiger partial charge in [-0.1, -0.05) is 18.2 Å². The lowest BCUT2D eigenvalue weighted by Crippen LogP contribution is -2.30. The number of amides is 1. The highest BCUT2D eigenvalue weighted by Crippen LogP contribution is 2.26. The number of thiazole rings is 1. The molecular weight excluding hydrogens is 308 g/mol. The molecule has 0 spiro atoms. The highest BCUT2D eigenvalue weighted by molar-refractivity contribution is 7.11. The van der Waals surface area contributed by atoms with E-state index >= 15 is 0 Å². The first-order chi connectivity index (χ1) is 11.0. The molecule has 0 fully saturated rings. The van der Waals surface area contributed by atoms with Crippen LogP contribution in [0.5, 0.6) is 5.75 Å². The number of benzene rings is 1. The van der Waals surface area contributed by atoms with Crippen LogP contribution in [0.4, 0.5) is 0 Å². The molecule has 0 saturated heterocycles. The third kappa shape index (κ3) is 4.79. The lowest BCUT2D eigenvalue weighted by atomic mass is 10.1. The molecule has 124 valence electrons. The average molecular weight is 332 g/mol. The number of carbonyl (C=O) groups excluding carboxylic acids is 1. The fourth-order valence-corrected chi connectivity index (χ4v) is 3.35. The number of carbonyl (C=O) groups is 1. The van der Waals surface area contributed by atoms with Gasteiger partial charge in [-0.2, -0.15) is 0 Å². The van der Waals surface area contributed by atoms with Crippen LogP contribution in [0.2, 0.25) is 0 Å². The summed E-state index contributed by atoms with van der Waals surface area (Å²) in [7, 11) is 1.85. The summed E-state index contributed by atoms with van der Waals surface area (Å²) in [6.07, 6.45) is 1.19. The van der Waals surface area contributed by atoms with Crippen molar-refractivity contribution in [2.45, 2.75) is 39.7 Å². The van der Waals surface area contributed by atoms with Crippen LogP contribution in [0.25, 0.3) is 0 Å². The SMILES string of the molecule is Cc1nc([C@@H](C)N(C)C(=O)CCCOc2ccccc2)c(C)s1. The van der Waals surface area contributed by atoms with Crippen LogP contribution in [-0.2, 0) is 4.79 Å². The minimum Gasteiger partial charge on any atom is -0.494 e. The molecule has 1 aromatic heterocycles. The highest BCUT2D eigenvalue weighted by Gasteiger charge is 2.21. The van der Waals surface area contributed by atoms with E-state index in [-0.39, 0.29) is 11.9 Å². The second-order valence-corrected chi connectivity index (χ2v) is 7.03. The summed E-state index contributed by atoms with van der Waals surface area (Å²) in [5.74, 6) is 0.967. The molecule has 1 heterocycles. The Kier molecular flexibility index (Phi) is 6.16. The maximum absolute atomic E-state index is 12.3. The van der Waals surface area contributed by atoms with Gasteiger partial charge in [-0.05, 0) is 39.3 Å². The van der Waals surface area contributed by atoms with Crippen LogP contribution in [0.15, 0.2) is 30.3 Å². The Hall–Kier alpha value is -1.88. The Morgan fingerprint density at radius 2 is 2.00 bits per heavy atom. The van der Waals surface area contributed by atoms with Crippen molar-refractivity contribution in [3.8, 4) is 5.75 Å². The summed E-state index contributed by atoms with van der Waals surface area (Å²) in [4.78, 5) is 19.8. The number of aromatic nitrogens is 1. The zero-order valence-electron chi connectivity index (χ0n) is 14.2. The predicted molar refractivity (Wildman–Crippen MR) is 93.9 cm³/mol. The largest absolute Gasteiger partial charge is 0.494 e. The molecule has 4 nitrogen and oxygen atoms in total. The second kappa shape index (κ2) is 8.11. The Morgan fingerprint density at radius 1 is 1.30 bits per heavy atom. The molecule has 1 amide bonds. The standard InChI is InChI=1S/C18H24N2O2S/c1-13(18-14(2)23-15(3)19-18)20(4)17(21)11-8-12-22-16-9-6-5-7-10-16/h5-7,9-10,13H,8,11-12H2,1-4H3/t13-/m1/s1. The second-order valence-electron chi connectivity index (χ2n) is 5.62. The van der Waals surface area contributed by atoms with E-state index in [1.165, 1.54) is 4.88 Å². The molecule has 1 atom stereocenters. The molecule has 5 heteroatoms. The molecule has 0 N–H and O–H groups in total. The topological polar surface area (TPSA) is 42.4 Å². The number of hydrogen-bond donors (Lipinski definition) is 0. The Labute approximate surface area is 142 Å². The quantitative estimate of drug-likeness (QED) is 0.716. The number of nitrogens with zero attached hydrogens (tertiary/aromatic N) is 2. The molecule has 23 heavy (non-hydrogen) atoms. The molecule has 0 aliphatic rings. The molecule has 0 aliphatic heterocycles. The normalized spacial score (nSPS) is 12.0. The highest BCUT2D eigenvalue weighted by atomic mass is 32.1.